The van der Waals surface area contributed by atoms with E-state index in [1.165, 1.54) is 12.1 Å². The van der Waals surface area contributed by atoms with Crippen LogP contribution in [0.1, 0.15) is 21.6 Å². The van der Waals surface area contributed by atoms with Gasteiger partial charge in [0.05, 0.1) is 5.56 Å². The van der Waals surface area contributed by atoms with Crippen molar-refractivity contribution in [2.75, 3.05) is 11.9 Å². The lowest BCUT2D eigenvalue weighted by Gasteiger charge is -2.23. The zero-order valence-corrected chi connectivity index (χ0v) is 15.7. The number of carboxylic acid groups (broad SMARTS) is 1. The van der Waals surface area contributed by atoms with E-state index >= 15 is 0 Å². The Morgan fingerprint density at radius 3 is 2.54 bits per heavy atom. The summed E-state index contributed by atoms with van der Waals surface area (Å²) >= 11 is 0. The summed E-state index contributed by atoms with van der Waals surface area (Å²) in [6.07, 6.45) is 2.32. The van der Waals surface area contributed by atoms with E-state index in [0.29, 0.717) is 23.8 Å². The Morgan fingerprint density at radius 1 is 1.21 bits per heavy atom. The molecule has 142 valence electrons. The van der Waals surface area contributed by atoms with Gasteiger partial charge < -0.3 is 10.0 Å². The number of carbonyl (C=O) groups is 1. The molecule has 28 heavy (non-hydrogen) atoms. The predicted molar refractivity (Wildman–Crippen MR) is 108 cm³/mol. The van der Waals surface area contributed by atoms with Crippen molar-refractivity contribution in [2.45, 2.75) is 13.3 Å². The summed E-state index contributed by atoms with van der Waals surface area (Å²) in [5.41, 5.74) is 2.67. The van der Waals surface area contributed by atoms with Crippen LogP contribution in [0.5, 0.6) is 0 Å². The van der Waals surface area contributed by atoms with Crippen molar-refractivity contribution in [1.82, 2.24) is 9.97 Å². The highest BCUT2D eigenvalue weighted by Crippen LogP contribution is 2.30. The van der Waals surface area contributed by atoms with Crippen molar-refractivity contribution < 1.29 is 14.3 Å². The predicted octanol–water partition coefficient (Wildman–Crippen LogP) is 4.79. The average Bonchev–Trinajstić information content (AvgIpc) is 2.69. The summed E-state index contributed by atoms with van der Waals surface area (Å²) in [5, 5.41) is 9.04. The Kier molecular flexibility index (Phi) is 5.49. The van der Waals surface area contributed by atoms with Crippen molar-refractivity contribution >= 4 is 17.5 Å². The van der Waals surface area contributed by atoms with E-state index in [2.05, 4.69) is 11.6 Å². The van der Waals surface area contributed by atoms with Crippen molar-refractivity contribution in [1.29, 1.82) is 0 Å². The molecular weight excluding hydrogens is 357 g/mol. The van der Waals surface area contributed by atoms with Crippen LogP contribution in [-0.2, 0) is 6.42 Å². The van der Waals surface area contributed by atoms with Gasteiger partial charge in [-0.05, 0) is 31.5 Å². The van der Waals surface area contributed by atoms with Crippen LogP contribution in [0.25, 0.3) is 11.4 Å². The first kappa shape index (κ1) is 19.2. The Bertz CT molecular complexity index is 1040. The Balaban J connectivity index is 2.13. The van der Waals surface area contributed by atoms with Crippen LogP contribution in [0.2, 0.25) is 0 Å². The molecule has 2 aromatic carbocycles. The number of aryl methyl sites for hydroxylation is 1. The summed E-state index contributed by atoms with van der Waals surface area (Å²) in [7, 11) is 1.76. The van der Waals surface area contributed by atoms with Gasteiger partial charge in [0.2, 0.25) is 0 Å². The highest BCUT2D eigenvalue weighted by atomic mass is 19.1. The van der Waals surface area contributed by atoms with E-state index < -0.39 is 11.8 Å². The van der Waals surface area contributed by atoms with Crippen LogP contribution in [0, 0.1) is 12.7 Å². The summed E-state index contributed by atoms with van der Waals surface area (Å²) in [6.45, 7) is 5.70. The molecule has 0 radical (unpaired) electrons. The number of aromatic nitrogens is 2. The fraction of sp³-hybridized carbons (Fsp3) is 0.136. The zero-order chi connectivity index (χ0) is 20.3. The number of carboxylic acids is 1. The third-order valence-corrected chi connectivity index (χ3v) is 4.46. The highest BCUT2D eigenvalue weighted by molar-refractivity contribution is 5.88. The van der Waals surface area contributed by atoms with Crippen LogP contribution in [0.4, 0.5) is 15.9 Å². The quantitative estimate of drug-likeness (QED) is 0.626. The van der Waals surface area contributed by atoms with Crippen molar-refractivity contribution in [3.05, 3.63) is 83.8 Å². The van der Waals surface area contributed by atoms with Crippen molar-refractivity contribution in [3.63, 3.8) is 0 Å². The molecule has 3 rings (SSSR count). The molecular formula is C22H20FN3O2. The first-order chi connectivity index (χ1) is 13.4. The molecule has 0 aliphatic rings. The van der Waals surface area contributed by atoms with Gasteiger partial charge in [-0.25, -0.2) is 19.2 Å². The molecule has 1 N–H and O–H groups in total. The summed E-state index contributed by atoms with van der Waals surface area (Å²) in [5.74, 6) is -0.913. The number of hydrogen-bond donors (Lipinski definition) is 1. The third-order valence-electron chi connectivity index (χ3n) is 4.46. The fourth-order valence-electron chi connectivity index (χ4n) is 2.97. The SMILES string of the molecule is C=CCc1c(C)nc(-c2ccccc2)nc1N(C)c1ccc(C(=O)O)c(F)c1. The minimum atomic E-state index is -1.30. The van der Waals surface area contributed by atoms with Crippen LogP contribution < -0.4 is 4.90 Å². The van der Waals surface area contributed by atoms with Crippen LogP contribution >= 0.6 is 0 Å². The molecule has 3 aromatic rings. The topological polar surface area (TPSA) is 66.3 Å². The largest absolute Gasteiger partial charge is 0.478 e. The number of halogens is 1. The number of anilines is 2. The number of aromatic carboxylic acids is 1. The summed E-state index contributed by atoms with van der Waals surface area (Å²) in [4.78, 5) is 22.1. The number of benzene rings is 2. The standard InChI is InChI=1S/C22H20FN3O2/c1-4-8-17-14(2)24-20(15-9-6-5-7-10-15)25-21(17)26(3)16-11-12-18(22(27)28)19(23)13-16/h4-7,9-13H,1,8H2,2-3H3,(H,27,28). The molecule has 0 fully saturated rings. The Hall–Kier alpha value is -3.54. The van der Waals surface area contributed by atoms with Gasteiger partial charge in [-0.3, -0.25) is 0 Å². The lowest BCUT2D eigenvalue weighted by atomic mass is 10.1. The van der Waals surface area contributed by atoms with Gasteiger partial charge in [-0.1, -0.05) is 36.4 Å². The lowest BCUT2D eigenvalue weighted by Crippen LogP contribution is -2.16. The number of rotatable bonds is 6. The maximum Gasteiger partial charge on any atom is 0.338 e. The normalized spacial score (nSPS) is 10.5. The number of nitrogens with zero attached hydrogens (tertiary/aromatic N) is 3. The lowest BCUT2D eigenvalue weighted by molar-refractivity contribution is 0.0692. The molecule has 0 unspecified atom stereocenters. The number of allylic oxidation sites excluding steroid dienone is 1. The van der Waals surface area contributed by atoms with E-state index in [1.54, 1.807) is 24.1 Å². The van der Waals surface area contributed by atoms with Gasteiger partial charge in [0, 0.05) is 29.6 Å². The van der Waals surface area contributed by atoms with E-state index in [9.17, 15) is 9.18 Å². The van der Waals surface area contributed by atoms with E-state index in [-0.39, 0.29) is 5.56 Å². The number of hydrogen-bond acceptors (Lipinski definition) is 4. The molecule has 5 nitrogen and oxygen atoms in total. The Morgan fingerprint density at radius 2 is 1.93 bits per heavy atom. The fourth-order valence-corrected chi connectivity index (χ4v) is 2.97. The maximum absolute atomic E-state index is 14.2. The monoisotopic (exact) mass is 377 g/mol. The maximum atomic E-state index is 14.2. The van der Waals surface area contributed by atoms with E-state index in [0.717, 1.165) is 16.8 Å². The second kappa shape index (κ2) is 8.00. The van der Waals surface area contributed by atoms with Crippen LogP contribution in [0.3, 0.4) is 0 Å². The molecule has 0 spiro atoms. The molecule has 0 aliphatic heterocycles. The minimum Gasteiger partial charge on any atom is -0.478 e. The molecule has 1 heterocycles. The molecule has 0 amide bonds. The molecule has 1 aromatic heterocycles. The molecule has 0 atom stereocenters. The van der Waals surface area contributed by atoms with Gasteiger partial charge in [0.25, 0.3) is 0 Å². The second-order valence-corrected chi connectivity index (χ2v) is 6.32. The minimum absolute atomic E-state index is 0.368. The first-order valence-corrected chi connectivity index (χ1v) is 8.72. The molecule has 6 heteroatoms. The van der Waals surface area contributed by atoms with Crippen molar-refractivity contribution in [3.8, 4) is 11.4 Å². The molecule has 0 bridgehead atoms. The van der Waals surface area contributed by atoms with Gasteiger partial charge in [0.15, 0.2) is 5.82 Å². The Labute approximate surface area is 162 Å². The summed E-state index contributed by atoms with van der Waals surface area (Å²) in [6, 6.07) is 13.6. The van der Waals surface area contributed by atoms with E-state index in [4.69, 9.17) is 10.1 Å². The van der Waals surface area contributed by atoms with Crippen LogP contribution in [0.15, 0.2) is 61.2 Å². The second-order valence-electron chi connectivity index (χ2n) is 6.32. The van der Waals surface area contributed by atoms with Crippen molar-refractivity contribution in [2.24, 2.45) is 0 Å². The molecule has 0 aliphatic carbocycles. The van der Waals surface area contributed by atoms with E-state index in [1.807, 2.05) is 37.3 Å². The summed E-state index contributed by atoms with van der Waals surface area (Å²) < 4.78 is 14.2. The van der Waals surface area contributed by atoms with Crippen LogP contribution in [-0.4, -0.2) is 28.1 Å². The molecule has 0 saturated carbocycles. The zero-order valence-electron chi connectivity index (χ0n) is 15.7. The van der Waals surface area contributed by atoms with Gasteiger partial charge in [-0.15, -0.1) is 6.58 Å². The third kappa shape index (κ3) is 3.76. The average molecular weight is 377 g/mol. The van der Waals surface area contributed by atoms with Gasteiger partial charge in [0.1, 0.15) is 11.6 Å². The van der Waals surface area contributed by atoms with Gasteiger partial charge >= 0.3 is 5.97 Å². The molecule has 0 saturated heterocycles. The van der Waals surface area contributed by atoms with Gasteiger partial charge in [-0.2, -0.15) is 0 Å². The smallest absolute Gasteiger partial charge is 0.338 e. The highest BCUT2D eigenvalue weighted by Gasteiger charge is 2.18. The first-order valence-electron chi connectivity index (χ1n) is 8.72.